The molecule has 0 radical (unpaired) electrons. The van der Waals surface area contributed by atoms with Crippen molar-refractivity contribution in [3.63, 3.8) is 0 Å². The molecule has 0 saturated heterocycles. The number of para-hydroxylation sites is 2. The first kappa shape index (κ1) is 11.4. The maximum Gasteiger partial charge on any atom is 0.0958 e. The highest BCUT2D eigenvalue weighted by molar-refractivity contribution is 7.09. The molecule has 3 aromatic rings. The smallest absolute Gasteiger partial charge is 0.0958 e. The number of fused-ring (bicyclic) bond motifs is 1. The van der Waals surface area contributed by atoms with E-state index in [4.69, 9.17) is 5.73 Å². The van der Waals surface area contributed by atoms with Gasteiger partial charge in [0.1, 0.15) is 0 Å². The monoisotopic (exact) mass is 257 g/mol. The minimum Gasteiger partial charge on any atom is -0.329 e. The maximum atomic E-state index is 6.21. The first-order chi connectivity index (χ1) is 8.83. The van der Waals surface area contributed by atoms with Crippen LogP contribution in [0.1, 0.15) is 4.88 Å². The van der Waals surface area contributed by atoms with Gasteiger partial charge in [-0.05, 0) is 30.0 Å². The second-order valence-electron chi connectivity index (χ2n) is 4.43. The fourth-order valence-corrected chi connectivity index (χ4v) is 2.96. The molecule has 0 aliphatic carbocycles. The van der Waals surface area contributed by atoms with E-state index in [2.05, 4.69) is 33.1 Å². The van der Waals surface area contributed by atoms with Crippen molar-refractivity contribution in [2.75, 3.05) is 0 Å². The second-order valence-corrected chi connectivity index (χ2v) is 5.46. The first-order valence-electron chi connectivity index (χ1n) is 6.01. The molecular formula is C14H15N3S. The zero-order valence-corrected chi connectivity index (χ0v) is 10.8. The van der Waals surface area contributed by atoms with Crippen LogP contribution in [-0.4, -0.2) is 15.6 Å². The first-order valence-corrected chi connectivity index (χ1v) is 6.89. The van der Waals surface area contributed by atoms with Gasteiger partial charge in [0.15, 0.2) is 0 Å². The molecule has 2 N–H and O–H groups in total. The Morgan fingerprint density at radius 1 is 1.22 bits per heavy atom. The van der Waals surface area contributed by atoms with Crippen molar-refractivity contribution in [2.24, 2.45) is 5.73 Å². The van der Waals surface area contributed by atoms with Gasteiger partial charge in [0.2, 0.25) is 0 Å². The van der Waals surface area contributed by atoms with Crippen molar-refractivity contribution >= 4 is 22.4 Å². The third-order valence-corrected chi connectivity index (χ3v) is 3.90. The van der Waals surface area contributed by atoms with Gasteiger partial charge in [-0.2, -0.15) is 0 Å². The van der Waals surface area contributed by atoms with E-state index in [1.54, 1.807) is 11.3 Å². The van der Waals surface area contributed by atoms with Crippen LogP contribution in [0.5, 0.6) is 0 Å². The zero-order valence-electron chi connectivity index (χ0n) is 9.99. The van der Waals surface area contributed by atoms with E-state index >= 15 is 0 Å². The van der Waals surface area contributed by atoms with Gasteiger partial charge in [0, 0.05) is 17.5 Å². The molecule has 0 spiro atoms. The van der Waals surface area contributed by atoms with Crippen molar-refractivity contribution < 1.29 is 0 Å². The molecule has 1 aromatic carbocycles. The molecule has 4 heteroatoms. The summed E-state index contributed by atoms with van der Waals surface area (Å²) in [5.74, 6) is 0. The molecule has 2 aromatic heterocycles. The number of hydrogen-bond donors (Lipinski definition) is 1. The Kier molecular flexibility index (Phi) is 3.13. The summed E-state index contributed by atoms with van der Waals surface area (Å²) in [5, 5.41) is 2.09. The number of hydrogen-bond acceptors (Lipinski definition) is 3. The molecule has 0 aliphatic heterocycles. The predicted octanol–water partition coefficient (Wildman–Crippen LogP) is 2.67. The summed E-state index contributed by atoms with van der Waals surface area (Å²) in [4.78, 5) is 5.72. The number of rotatable bonds is 4. The highest BCUT2D eigenvalue weighted by atomic mass is 32.1. The van der Waals surface area contributed by atoms with Crippen molar-refractivity contribution in [2.45, 2.75) is 19.0 Å². The minimum atomic E-state index is 0.126. The molecule has 1 unspecified atom stereocenters. The van der Waals surface area contributed by atoms with Gasteiger partial charge in [-0.15, -0.1) is 11.3 Å². The van der Waals surface area contributed by atoms with Gasteiger partial charge in [0.05, 0.1) is 17.4 Å². The Hall–Kier alpha value is -1.65. The molecule has 1 atom stereocenters. The van der Waals surface area contributed by atoms with Gasteiger partial charge in [-0.1, -0.05) is 18.2 Å². The number of imidazole rings is 1. The van der Waals surface area contributed by atoms with Gasteiger partial charge in [-0.25, -0.2) is 4.98 Å². The van der Waals surface area contributed by atoms with Gasteiger partial charge < -0.3 is 10.3 Å². The number of aromatic nitrogens is 2. The Morgan fingerprint density at radius 2 is 2.11 bits per heavy atom. The van der Waals surface area contributed by atoms with Crippen LogP contribution in [0.4, 0.5) is 0 Å². The Bertz CT molecular complexity index is 627. The molecule has 3 rings (SSSR count). The van der Waals surface area contributed by atoms with Crippen LogP contribution >= 0.6 is 11.3 Å². The van der Waals surface area contributed by atoms with Crippen LogP contribution in [0.25, 0.3) is 11.0 Å². The van der Waals surface area contributed by atoms with E-state index in [1.165, 1.54) is 4.88 Å². The quantitative estimate of drug-likeness (QED) is 0.781. The van der Waals surface area contributed by atoms with Crippen LogP contribution in [0, 0.1) is 0 Å². The highest BCUT2D eigenvalue weighted by Crippen LogP contribution is 2.14. The summed E-state index contributed by atoms with van der Waals surface area (Å²) in [7, 11) is 0. The van der Waals surface area contributed by atoms with E-state index in [-0.39, 0.29) is 6.04 Å². The summed E-state index contributed by atoms with van der Waals surface area (Å²) in [6, 6.07) is 12.5. The largest absolute Gasteiger partial charge is 0.329 e. The molecular weight excluding hydrogens is 242 g/mol. The zero-order chi connectivity index (χ0) is 12.4. The molecule has 18 heavy (non-hydrogen) atoms. The molecule has 3 nitrogen and oxygen atoms in total. The van der Waals surface area contributed by atoms with E-state index in [1.807, 2.05) is 24.5 Å². The van der Waals surface area contributed by atoms with E-state index in [9.17, 15) is 0 Å². The van der Waals surface area contributed by atoms with Crippen LogP contribution in [-0.2, 0) is 13.0 Å². The van der Waals surface area contributed by atoms with E-state index in [0.29, 0.717) is 0 Å². The molecule has 0 bridgehead atoms. The third-order valence-electron chi connectivity index (χ3n) is 3.00. The van der Waals surface area contributed by atoms with Crippen molar-refractivity contribution in [3.05, 3.63) is 53.0 Å². The predicted molar refractivity (Wildman–Crippen MR) is 75.7 cm³/mol. The SMILES string of the molecule is NC(Cc1cccs1)Cn1cnc2ccccc21. The fraction of sp³-hybridized carbons (Fsp3) is 0.214. The third kappa shape index (κ3) is 2.30. The van der Waals surface area contributed by atoms with Gasteiger partial charge >= 0.3 is 0 Å². The molecule has 0 saturated carbocycles. The fourth-order valence-electron chi connectivity index (χ4n) is 2.16. The summed E-state index contributed by atoms with van der Waals surface area (Å²) in [6.07, 6.45) is 2.79. The van der Waals surface area contributed by atoms with Crippen LogP contribution < -0.4 is 5.73 Å². The minimum absolute atomic E-state index is 0.126. The second kappa shape index (κ2) is 4.92. The summed E-state index contributed by atoms with van der Waals surface area (Å²) < 4.78 is 2.13. The highest BCUT2D eigenvalue weighted by Gasteiger charge is 2.08. The average Bonchev–Trinajstić information content (AvgIpc) is 3.00. The topological polar surface area (TPSA) is 43.8 Å². The van der Waals surface area contributed by atoms with Gasteiger partial charge in [0.25, 0.3) is 0 Å². The van der Waals surface area contributed by atoms with Crippen molar-refractivity contribution in [1.82, 2.24) is 9.55 Å². The molecule has 2 heterocycles. The van der Waals surface area contributed by atoms with Crippen molar-refractivity contribution in [3.8, 4) is 0 Å². The normalized spacial score (nSPS) is 12.9. The number of nitrogens with two attached hydrogens (primary N) is 1. The Balaban J connectivity index is 1.76. The number of nitrogens with zero attached hydrogens (tertiary/aromatic N) is 2. The lowest BCUT2D eigenvalue weighted by molar-refractivity contribution is 0.562. The Morgan fingerprint density at radius 3 is 2.94 bits per heavy atom. The van der Waals surface area contributed by atoms with Gasteiger partial charge in [-0.3, -0.25) is 0 Å². The lowest BCUT2D eigenvalue weighted by Crippen LogP contribution is -2.27. The number of thiophene rings is 1. The maximum absolute atomic E-state index is 6.21. The van der Waals surface area contributed by atoms with E-state index in [0.717, 1.165) is 24.0 Å². The van der Waals surface area contributed by atoms with Crippen LogP contribution in [0.2, 0.25) is 0 Å². The Labute approximate surface area is 110 Å². The lowest BCUT2D eigenvalue weighted by Gasteiger charge is -2.12. The summed E-state index contributed by atoms with van der Waals surface area (Å²) in [6.45, 7) is 0.804. The van der Waals surface area contributed by atoms with Crippen LogP contribution in [0.3, 0.4) is 0 Å². The number of benzene rings is 1. The lowest BCUT2D eigenvalue weighted by atomic mass is 10.2. The summed E-state index contributed by atoms with van der Waals surface area (Å²) in [5.41, 5.74) is 8.39. The summed E-state index contributed by atoms with van der Waals surface area (Å²) >= 11 is 1.76. The molecule has 0 aliphatic rings. The van der Waals surface area contributed by atoms with E-state index < -0.39 is 0 Å². The standard InChI is InChI=1S/C14H15N3S/c15-11(8-12-4-3-7-18-12)9-17-10-16-13-5-1-2-6-14(13)17/h1-7,10-11H,8-9,15H2. The molecule has 92 valence electrons. The molecule has 0 amide bonds. The van der Waals surface area contributed by atoms with Crippen molar-refractivity contribution in [1.29, 1.82) is 0 Å². The van der Waals surface area contributed by atoms with Crippen LogP contribution in [0.15, 0.2) is 48.1 Å². The molecule has 0 fully saturated rings. The average molecular weight is 257 g/mol.